The van der Waals surface area contributed by atoms with Crippen LogP contribution in [0.1, 0.15) is 19.4 Å². The molecule has 0 unspecified atom stereocenters. The molecule has 0 amide bonds. The van der Waals surface area contributed by atoms with Crippen LogP contribution in [0, 0.1) is 16.7 Å². The zero-order valence-electron chi connectivity index (χ0n) is 8.92. The van der Waals surface area contributed by atoms with Crippen LogP contribution in [-0.4, -0.2) is 13.1 Å². The molecule has 1 aromatic rings. The fourth-order valence-corrected chi connectivity index (χ4v) is 2.62. The van der Waals surface area contributed by atoms with Crippen molar-refractivity contribution in [3.05, 3.63) is 28.2 Å². The maximum Gasteiger partial charge on any atom is 0.0992 e. The van der Waals surface area contributed by atoms with E-state index in [-0.39, 0.29) is 0 Å². The molecule has 1 aliphatic rings. The monoisotopic (exact) mass is 264 g/mol. The summed E-state index contributed by atoms with van der Waals surface area (Å²) in [5, 5.41) is 8.76. The second-order valence-corrected chi connectivity index (χ2v) is 5.65. The summed E-state index contributed by atoms with van der Waals surface area (Å²) >= 11 is 3.51. The molecule has 78 valence electrons. The second-order valence-electron chi connectivity index (χ2n) is 4.80. The van der Waals surface area contributed by atoms with Crippen molar-refractivity contribution in [2.75, 3.05) is 18.0 Å². The van der Waals surface area contributed by atoms with E-state index < -0.39 is 0 Å². The first-order valence-corrected chi connectivity index (χ1v) is 5.76. The molecule has 3 heteroatoms. The summed E-state index contributed by atoms with van der Waals surface area (Å²) in [5.74, 6) is 0. The van der Waals surface area contributed by atoms with Crippen molar-refractivity contribution in [1.29, 1.82) is 5.26 Å². The first kappa shape index (κ1) is 10.5. The number of hydrogen-bond acceptors (Lipinski definition) is 2. The molecule has 0 atom stereocenters. The molecule has 0 bridgehead atoms. The van der Waals surface area contributed by atoms with Gasteiger partial charge in [-0.2, -0.15) is 5.26 Å². The molecule has 0 saturated carbocycles. The summed E-state index contributed by atoms with van der Waals surface area (Å²) in [4.78, 5) is 2.32. The predicted octanol–water partition coefficient (Wildman–Crippen LogP) is 3.17. The average molecular weight is 265 g/mol. The molecule has 0 N–H and O–H groups in total. The molecule has 1 heterocycles. The number of nitrogens with zero attached hydrogens (tertiary/aromatic N) is 2. The van der Waals surface area contributed by atoms with E-state index in [1.165, 1.54) is 5.69 Å². The summed E-state index contributed by atoms with van der Waals surface area (Å²) in [6.45, 7) is 6.69. The van der Waals surface area contributed by atoms with Gasteiger partial charge in [0.1, 0.15) is 0 Å². The number of anilines is 1. The van der Waals surface area contributed by atoms with Gasteiger partial charge in [0.2, 0.25) is 0 Å². The number of rotatable bonds is 1. The van der Waals surface area contributed by atoms with Gasteiger partial charge >= 0.3 is 0 Å². The quantitative estimate of drug-likeness (QED) is 0.779. The van der Waals surface area contributed by atoms with Gasteiger partial charge in [0, 0.05) is 17.6 Å². The highest BCUT2D eigenvalue weighted by atomic mass is 79.9. The highest BCUT2D eigenvalue weighted by Gasteiger charge is 2.34. The van der Waals surface area contributed by atoms with Crippen molar-refractivity contribution in [3.8, 4) is 6.07 Å². The first-order chi connectivity index (χ1) is 7.02. The molecule has 1 aliphatic heterocycles. The van der Waals surface area contributed by atoms with Crippen LogP contribution in [0.4, 0.5) is 5.69 Å². The lowest BCUT2D eigenvalue weighted by atomic mass is 9.84. The Morgan fingerprint density at radius 2 is 2.07 bits per heavy atom. The molecule has 1 fully saturated rings. The van der Waals surface area contributed by atoms with Gasteiger partial charge in [-0.15, -0.1) is 0 Å². The summed E-state index contributed by atoms with van der Waals surface area (Å²) in [6, 6.07) is 7.89. The average Bonchev–Trinajstić information content (AvgIpc) is 2.14. The Balaban J connectivity index is 2.21. The van der Waals surface area contributed by atoms with Crippen LogP contribution < -0.4 is 4.90 Å². The lowest BCUT2D eigenvalue weighted by Crippen LogP contribution is -2.53. The summed E-state index contributed by atoms with van der Waals surface area (Å²) < 4.78 is 1.01. The van der Waals surface area contributed by atoms with E-state index in [1.54, 1.807) is 0 Å². The zero-order valence-corrected chi connectivity index (χ0v) is 10.5. The first-order valence-electron chi connectivity index (χ1n) is 4.96. The summed E-state index contributed by atoms with van der Waals surface area (Å²) in [6.07, 6.45) is 0. The maximum atomic E-state index is 8.76. The Labute approximate surface area is 98.6 Å². The Hall–Kier alpha value is -1.01. The molecule has 2 rings (SSSR count). The number of nitriles is 1. The second kappa shape index (κ2) is 3.53. The minimum atomic E-state index is 0.424. The van der Waals surface area contributed by atoms with Gasteiger partial charge in [0.25, 0.3) is 0 Å². The van der Waals surface area contributed by atoms with Gasteiger partial charge in [-0.25, -0.2) is 0 Å². The van der Waals surface area contributed by atoms with Gasteiger partial charge in [-0.3, -0.25) is 0 Å². The molecule has 2 nitrogen and oxygen atoms in total. The number of halogens is 1. The van der Waals surface area contributed by atoms with E-state index in [1.807, 2.05) is 18.2 Å². The lowest BCUT2D eigenvalue weighted by Gasteiger charge is -2.47. The largest absolute Gasteiger partial charge is 0.369 e. The van der Waals surface area contributed by atoms with Crippen molar-refractivity contribution in [3.63, 3.8) is 0 Å². The van der Waals surface area contributed by atoms with Crippen LogP contribution >= 0.6 is 15.9 Å². The van der Waals surface area contributed by atoms with E-state index in [0.29, 0.717) is 11.0 Å². The van der Waals surface area contributed by atoms with Crippen LogP contribution in [0.25, 0.3) is 0 Å². The van der Waals surface area contributed by atoms with Crippen molar-refractivity contribution in [2.45, 2.75) is 13.8 Å². The van der Waals surface area contributed by atoms with E-state index in [2.05, 4.69) is 40.7 Å². The highest BCUT2D eigenvalue weighted by molar-refractivity contribution is 9.10. The minimum absolute atomic E-state index is 0.424. The predicted molar refractivity (Wildman–Crippen MR) is 64.9 cm³/mol. The Morgan fingerprint density at radius 1 is 1.40 bits per heavy atom. The molecule has 1 aromatic carbocycles. The van der Waals surface area contributed by atoms with Gasteiger partial charge in [0.15, 0.2) is 0 Å². The lowest BCUT2D eigenvalue weighted by molar-refractivity contribution is 0.276. The normalized spacial score (nSPS) is 18.1. The summed E-state index contributed by atoms with van der Waals surface area (Å²) in [5.41, 5.74) is 2.31. The molecular weight excluding hydrogens is 252 g/mol. The van der Waals surface area contributed by atoms with E-state index >= 15 is 0 Å². The zero-order chi connectivity index (χ0) is 11.1. The molecule has 0 spiro atoms. The third kappa shape index (κ3) is 2.00. The van der Waals surface area contributed by atoms with Crippen LogP contribution in [-0.2, 0) is 0 Å². The van der Waals surface area contributed by atoms with Crippen LogP contribution in [0.15, 0.2) is 22.7 Å². The van der Waals surface area contributed by atoms with Crippen molar-refractivity contribution in [2.24, 2.45) is 5.41 Å². The summed E-state index contributed by atoms with van der Waals surface area (Å²) in [7, 11) is 0. The van der Waals surface area contributed by atoms with Crippen molar-refractivity contribution < 1.29 is 0 Å². The fraction of sp³-hybridized carbons (Fsp3) is 0.417. The van der Waals surface area contributed by atoms with Crippen molar-refractivity contribution in [1.82, 2.24) is 0 Å². The van der Waals surface area contributed by atoms with E-state index in [0.717, 1.165) is 17.6 Å². The van der Waals surface area contributed by atoms with Crippen LogP contribution in [0.2, 0.25) is 0 Å². The number of benzene rings is 1. The molecule has 15 heavy (non-hydrogen) atoms. The Kier molecular flexibility index (Phi) is 2.47. The van der Waals surface area contributed by atoms with Crippen LogP contribution in [0.3, 0.4) is 0 Å². The molecule has 1 saturated heterocycles. The van der Waals surface area contributed by atoms with Gasteiger partial charge in [0.05, 0.1) is 17.3 Å². The van der Waals surface area contributed by atoms with E-state index in [4.69, 9.17) is 5.26 Å². The van der Waals surface area contributed by atoms with Gasteiger partial charge in [-0.1, -0.05) is 13.8 Å². The smallest absolute Gasteiger partial charge is 0.0992 e. The fourth-order valence-electron chi connectivity index (χ4n) is 1.99. The number of hydrogen-bond donors (Lipinski definition) is 0. The standard InChI is InChI=1S/C12H13BrN2/c1-12(2)7-15(8-12)11-4-3-9(6-14)5-10(11)13/h3-5H,7-8H2,1-2H3. The molecule has 0 aromatic heterocycles. The van der Waals surface area contributed by atoms with Gasteiger partial charge in [-0.05, 0) is 39.5 Å². The third-order valence-corrected chi connectivity index (χ3v) is 3.29. The van der Waals surface area contributed by atoms with Crippen LogP contribution in [0.5, 0.6) is 0 Å². The minimum Gasteiger partial charge on any atom is -0.369 e. The SMILES string of the molecule is CC1(C)CN(c2ccc(C#N)cc2Br)C1. The molecule has 0 radical (unpaired) electrons. The highest BCUT2D eigenvalue weighted by Crippen LogP contribution is 2.37. The maximum absolute atomic E-state index is 8.76. The van der Waals surface area contributed by atoms with Gasteiger partial charge < -0.3 is 4.90 Å². The topological polar surface area (TPSA) is 27.0 Å². The van der Waals surface area contributed by atoms with E-state index in [9.17, 15) is 0 Å². The Morgan fingerprint density at radius 3 is 2.53 bits per heavy atom. The Bertz CT molecular complexity index is 424. The van der Waals surface area contributed by atoms with Crippen molar-refractivity contribution >= 4 is 21.6 Å². The molecule has 0 aliphatic carbocycles. The third-order valence-electron chi connectivity index (χ3n) is 2.66. The molecular formula is C12H13BrN2.